The third-order valence-electron chi connectivity index (χ3n) is 9.01. The molecule has 54 heavy (non-hydrogen) atoms. The Morgan fingerprint density at radius 1 is 0.981 bits per heavy atom. The lowest BCUT2D eigenvalue weighted by Crippen LogP contribution is -2.44. The summed E-state index contributed by atoms with van der Waals surface area (Å²) < 4.78 is 22.0. The number of amides is 1. The zero-order valence-electron chi connectivity index (χ0n) is 32.4. The molecule has 2 rings (SSSR count). The molecule has 0 radical (unpaired) electrons. The second-order valence-electron chi connectivity index (χ2n) is 14.5. The van der Waals surface area contributed by atoms with Crippen LogP contribution in [0.2, 0.25) is 5.02 Å². The molecular weight excluding hydrogens is 718 g/mol. The number of halogens is 1. The minimum Gasteiger partial charge on any atom is -0.495 e. The average Bonchev–Trinajstić information content (AvgIpc) is 3.13. The first kappa shape index (κ1) is 46.1. The van der Waals surface area contributed by atoms with E-state index in [2.05, 4.69) is 5.32 Å². The van der Waals surface area contributed by atoms with E-state index in [1.165, 1.54) is 13.2 Å². The molecule has 0 aliphatic carbocycles. The van der Waals surface area contributed by atoms with Crippen LogP contribution >= 0.6 is 11.6 Å². The van der Waals surface area contributed by atoms with Crippen molar-refractivity contribution in [2.24, 2.45) is 28.7 Å². The minimum absolute atomic E-state index is 0.0345. The number of carbonyl (C=O) groups is 4. The van der Waals surface area contributed by atoms with E-state index in [0.717, 1.165) is 16.7 Å². The Morgan fingerprint density at radius 2 is 1.63 bits per heavy atom. The van der Waals surface area contributed by atoms with Gasteiger partial charge in [-0.25, -0.2) is 4.79 Å². The molecule has 0 aromatic heterocycles. The number of esters is 3. The van der Waals surface area contributed by atoms with Crippen LogP contribution in [0.25, 0.3) is 0 Å². The number of rotatable bonds is 22. The van der Waals surface area contributed by atoms with Gasteiger partial charge in [-0.05, 0) is 67.5 Å². The predicted molar refractivity (Wildman–Crippen MR) is 205 cm³/mol. The number of carbonyl (C=O) groups excluding carboxylic acids is 4. The Hall–Kier alpha value is -4.01. The first-order valence-electron chi connectivity index (χ1n) is 18.1. The van der Waals surface area contributed by atoms with E-state index >= 15 is 0 Å². The molecule has 300 valence electrons. The fourth-order valence-electron chi connectivity index (χ4n) is 5.47. The molecule has 0 saturated heterocycles. The van der Waals surface area contributed by atoms with Crippen LogP contribution in [-0.2, 0) is 46.4 Å². The number of benzene rings is 2. The molecule has 14 heteroatoms. The van der Waals surface area contributed by atoms with Crippen LogP contribution in [0.1, 0.15) is 83.4 Å². The Balaban J connectivity index is 2.12. The van der Waals surface area contributed by atoms with E-state index in [1.807, 2.05) is 39.0 Å². The van der Waals surface area contributed by atoms with Crippen LogP contribution < -0.4 is 21.5 Å². The van der Waals surface area contributed by atoms with Gasteiger partial charge in [-0.15, -0.1) is 0 Å². The number of hydrogen-bond acceptors (Lipinski definition) is 12. The maximum absolute atomic E-state index is 13.7. The van der Waals surface area contributed by atoms with Crippen molar-refractivity contribution >= 4 is 35.4 Å². The molecule has 0 bridgehead atoms. The maximum atomic E-state index is 13.7. The molecule has 13 nitrogen and oxygen atoms in total. The van der Waals surface area contributed by atoms with Crippen molar-refractivity contribution < 1.29 is 48.3 Å². The summed E-state index contributed by atoms with van der Waals surface area (Å²) in [6.45, 7) is 10.4. The summed E-state index contributed by atoms with van der Waals surface area (Å²) in [6.07, 6.45) is -0.607. The van der Waals surface area contributed by atoms with E-state index in [4.69, 9.17) is 42.0 Å². The first-order chi connectivity index (χ1) is 25.4. The van der Waals surface area contributed by atoms with Crippen molar-refractivity contribution in [1.29, 1.82) is 0 Å². The topological polar surface area (TPSA) is 210 Å². The standard InChI is InChI=1S/C40H58ClN3O10/c1-24(2)19-33(54-39(50)40(5,6)23-44-35(46)18-14-27-13-17-32(51-7)30(41)20-27)38(49)53-31(9-8-10-34(43)45)26(4)37(48)25(3)29-15-11-28(12-16-29)22-52-36(47)21-42/h8,10-13,15-17,20,24-26,31,33-34,37,45,48H,9,14,18-19,21-23,42-43H2,1-7H3,(H,44,46)/b10-8+/t25-,26-,31-,33-,34?,37-/m0/s1. The van der Waals surface area contributed by atoms with E-state index in [-0.39, 0.29) is 50.8 Å². The number of nitrogens with one attached hydrogen (secondary N) is 1. The zero-order valence-corrected chi connectivity index (χ0v) is 33.1. The van der Waals surface area contributed by atoms with Crippen molar-refractivity contribution in [3.8, 4) is 5.75 Å². The number of hydrogen-bond donors (Lipinski definition) is 5. The van der Waals surface area contributed by atoms with Crippen LogP contribution in [0.3, 0.4) is 0 Å². The fraction of sp³-hybridized carbons (Fsp3) is 0.550. The normalized spacial score (nSPS) is 15.1. The molecule has 0 spiro atoms. The van der Waals surface area contributed by atoms with Crippen molar-refractivity contribution in [3.63, 3.8) is 0 Å². The number of nitrogens with two attached hydrogens (primary N) is 2. The monoisotopic (exact) mass is 775 g/mol. The summed E-state index contributed by atoms with van der Waals surface area (Å²) >= 11 is 6.19. The van der Waals surface area contributed by atoms with Crippen LogP contribution in [0.5, 0.6) is 5.75 Å². The summed E-state index contributed by atoms with van der Waals surface area (Å²) in [6, 6.07) is 12.5. The number of ether oxygens (including phenoxy) is 4. The first-order valence-corrected chi connectivity index (χ1v) is 18.5. The summed E-state index contributed by atoms with van der Waals surface area (Å²) in [5, 5.41) is 24.3. The van der Waals surface area contributed by atoms with Gasteiger partial charge in [-0.2, -0.15) is 0 Å². The summed E-state index contributed by atoms with van der Waals surface area (Å²) in [5.74, 6) is -2.82. The van der Waals surface area contributed by atoms with Crippen molar-refractivity contribution in [2.75, 3.05) is 20.2 Å². The van der Waals surface area contributed by atoms with Gasteiger partial charge >= 0.3 is 17.9 Å². The summed E-state index contributed by atoms with van der Waals surface area (Å²) in [5.41, 5.74) is 12.0. The van der Waals surface area contributed by atoms with Crippen LogP contribution in [0.4, 0.5) is 0 Å². The molecule has 1 amide bonds. The largest absolute Gasteiger partial charge is 0.495 e. The highest BCUT2D eigenvalue weighted by molar-refractivity contribution is 6.32. The molecule has 2 aromatic carbocycles. The Morgan fingerprint density at radius 3 is 2.20 bits per heavy atom. The van der Waals surface area contributed by atoms with E-state index < -0.39 is 59.7 Å². The smallest absolute Gasteiger partial charge is 0.347 e. The lowest BCUT2D eigenvalue weighted by molar-refractivity contribution is -0.180. The predicted octanol–water partition coefficient (Wildman–Crippen LogP) is 4.32. The number of aliphatic hydroxyl groups excluding tert-OH is 2. The number of aliphatic hydroxyl groups is 2. The highest BCUT2D eigenvalue weighted by Crippen LogP contribution is 2.30. The van der Waals surface area contributed by atoms with Gasteiger partial charge in [0.05, 0.1) is 30.2 Å². The maximum Gasteiger partial charge on any atom is 0.347 e. The van der Waals surface area contributed by atoms with Gasteiger partial charge in [0.1, 0.15) is 24.7 Å². The molecule has 0 heterocycles. The lowest BCUT2D eigenvalue weighted by atomic mass is 9.84. The molecule has 0 aliphatic rings. The third kappa shape index (κ3) is 15.4. The van der Waals surface area contributed by atoms with Crippen LogP contribution in [0.15, 0.2) is 54.6 Å². The van der Waals surface area contributed by atoms with Gasteiger partial charge in [0.2, 0.25) is 5.91 Å². The molecular formula is C40H58ClN3O10. The number of aryl methyl sites for hydroxylation is 1. The van der Waals surface area contributed by atoms with Crippen molar-refractivity contribution in [1.82, 2.24) is 5.32 Å². The summed E-state index contributed by atoms with van der Waals surface area (Å²) in [4.78, 5) is 51.3. The van der Waals surface area contributed by atoms with E-state index in [9.17, 15) is 29.4 Å². The molecule has 0 fully saturated rings. The van der Waals surface area contributed by atoms with E-state index in [0.29, 0.717) is 17.2 Å². The van der Waals surface area contributed by atoms with Gasteiger partial charge in [0.25, 0.3) is 0 Å². The molecule has 0 aliphatic heterocycles. The van der Waals surface area contributed by atoms with Gasteiger partial charge in [-0.3, -0.25) is 14.4 Å². The van der Waals surface area contributed by atoms with Gasteiger partial charge < -0.3 is 45.9 Å². The lowest BCUT2D eigenvalue weighted by Gasteiger charge is -2.32. The van der Waals surface area contributed by atoms with Gasteiger partial charge in [-0.1, -0.05) is 75.7 Å². The van der Waals surface area contributed by atoms with Gasteiger partial charge in [0, 0.05) is 31.2 Å². The molecule has 2 aromatic rings. The quantitative estimate of drug-likeness (QED) is 0.0490. The third-order valence-corrected chi connectivity index (χ3v) is 9.31. The van der Waals surface area contributed by atoms with Crippen LogP contribution in [0, 0.1) is 17.3 Å². The SMILES string of the molecule is COc1ccc(CCC(=O)NCC(C)(C)C(=O)O[C@@H](CC(C)C)C(=O)O[C@@H](C/C=C/C(N)O)[C@H](C)[C@@H](O)[C@@H](C)c2ccc(COC(=O)CN)cc2)cc1Cl. The highest BCUT2D eigenvalue weighted by atomic mass is 35.5. The second kappa shape index (κ2) is 22.4. The minimum atomic E-state index is -1.26. The van der Waals surface area contributed by atoms with E-state index in [1.54, 1.807) is 51.1 Å². The van der Waals surface area contributed by atoms with Gasteiger partial charge in [0.15, 0.2) is 6.10 Å². The Kier molecular flexibility index (Phi) is 19.1. The fourth-order valence-corrected chi connectivity index (χ4v) is 5.75. The Bertz CT molecular complexity index is 1550. The number of methoxy groups -OCH3 is 1. The average molecular weight is 776 g/mol. The van der Waals surface area contributed by atoms with Crippen molar-refractivity contribution in [2.45, 2.75) is 104 Å². The highest BCUT2D eigenvalue weighted by Gasteiger charge is 2.37. The molecule has 6 atom stereocenters. The molecule has 0 saturated carbocycles. The zero-order chi connectivity index (χ0) is 40.6. The van der Waals surface area contributed by atoms with Crippen LogP contribution in [-0.4, -0.2) is 78.8 Å². The molecule has 1 unspecified atom stereocenters. The van der Waals surface area contributed by atoms with Crippen molar-refractivity contribution in [3.05, 3.63) is 76.3 Å². The Labute approximate surface area is 323 Å². The molecule has 7 N–H and O–H groups in total. The summed E-state index contributed by atoms with van der Waals surface area (Å²) in [7, 11) is 1.52. The second-order valence-corrected chi connectivity index (χ2v) is 14.9.